The number of thioether (sulfide) groups is 1. The molecule has 0 bridgehead atoms. The van der Waals surface area contributed by atoms with Gasteiger partial charge in [0.1, 0.15) is 11.6 Å². The van der Waals surface area contributed by atoms with Crippen LogP contribution >= 0.6 is 11.8 Å². The molecule has 1 atom stereocenters. The van der Waals surface area contributed by atoms with Crippen LogP contribution in [0, 0.1) is 5.82 Å². The van der Waals surface area contributed by atoms with Crippen molar-refractivity contribution < 1.29 is 9.13 Å². The molecule has 20 heavy (non-hydrogen) atoms. The van der Waals surface area contributed by atoms with E-state index in [9.17, 15) is 4.39 Å². The zero-order valence-corrected chi connectivity index (χ0v) is 12.2. The zero-order valence-electron chi connectivity index (χ0n) is 11.4. The first kappa shape index (κ1) is 14.9. The molecule has 0 aliphatic heterocycles. The fourth-order valence-electron chi connectivity index (χ4n) is 1.82. The van der Waals surface area contributed by atoms with E-state index in [0.29, 0.717) is 17.3 Å². The van der Waals surface area contributed by atoms with Gasteiger partial charge in [-0.1, -0.05) is 24.3 Å². The monoisotopic (exact) mass is 291 g/mol. The standard InChI is InChI=1S/C16H18FNOS/c1-2-19-13-9-7-12(8-10-13)15(18)11-20-16-6-4-3-5-14(16)17/h3-10,15H,2,11,18H2,1H3. The molecule has 2 nitrogen and oxygen atoms in total. The van der Waals surface area contributed by atoms with Crippen LogP contribution in [0.4, 0.5) is 4.39 Å². The van der Waals surface area contributed by atoms with Gasteiger partial charge in [-0.2, -0.15) is 0 Å². The fourth-order valence-corrected chi connectivity index (χ4v) is 2.75. The van der Waals surface area contributed by atoms with Crippen LogP contribution in [0.2, 0.25) is 0 Å². The van der Waals surface area contributed by atoms with E-state index in [4.69, 9.17) is 10.5 Å². The molecular formula is C16H18FNOS. The molecule has 106 valence electrons. The third-order valence-electron chi connectivity index (χ3n) is 2.87. The smallest absolute Gasteiger partial charge is 0.136 e. The van der Waals surface area contributed by atoms with Gasteiger partial charge in [-0.15, -0.1) is 11.8 Å². The molecule has 0 fully saturated rings. The van der Waals surface area contributed by atoms with Gasteiger partial charge in [0.15, 0.2) is 0 Å². The minimum Gasteiger partial charge on any atom is -0.494 e. The summed E-state index contributed by atoms with van der Waals surface area (Å²) < 4.78 is 18.9. The highest BCUT2D eigenvalue weighted by atomic mass is 32.2. The SMILES string of the molecule is CCOc1ccc(C(N)CSc2ccccc2F)cc1. The zero-order chi connectivity index (χ0) is 14.4. The molecule has 2 aromatic rings. The summed E-state index contributed by atoms with van der Waals surface area (Å²) in [5, 5.41) is 0. The first-order valence-electron chi connectivity index (χ1n) is 6.56. The van der Waals surface area contributed by atoms with E-state index in [-0.39, 0.29) is 11.9 Å². The maximum Gasteiger partial charge on any atom is 0.136 e. The normalized spacial score (nSPS) is 12.2. The van der Waals surface area contributed by atoms with E-state index in [1.165, 1.54) is 17.8 Å². The van der Waals surface area contributed by atoms with Gasteiger partial charge in [0.05, 0.1) is 6.61 Å². The highest BCUT2D eigenvalue weighted by molar-refractivity contribution is 7.99. The summed E-state index contributed by atoms with van der Waals surface area (Å²) in [5.41, 5.74) is 7.16. The predicted molar refractivity (Wildman–Crippen MR) is 81.7 cm³/mol. The Morgan fingerprint density at radius 3 is 2.50 bits per heavy atom. The van der Waals surface area contributed by atoms with E-state index in [2.05, 4.69) is 0 Å². The Labute approximate surface area is 123 Å². The molecule has 0 aromatic heterocycles. The molecule has 0 spiro atoms. The fraction of sp³-hybridized carbons (Fsp3) is 0.250. The Bertz CT molecular complexity index is 544. The first-order valence-corrected chi connectivity index (χ1v) is 7.55. The van der Waals surface area contributed by atoms with Crippen LogP contribution in [0.5, 0.6) is 5.75 Å². The van der Waals surface area contributed by atoms with E-state index in [1.807, 2.05) is 37.3 Å². The number of ether oxygens (including phenoxy) is 1. The molecule has 0 radical (unpaired) electrons. The molecular weight excluding hydrogens is 273 g/mol. The van der Waals surface area contributed by atoms with Gasteiger partial charge in [-0.3, -0.25) is 0 Å². The topological polar surface area (TPSA) is 35.2 Å². The van der Waals surface area contributed by atoms with Gasteiger partial charge in [0, 0.05) is 16.7 Å². The summed E-state index contributed by atoms with van der Waals surface area (Å²) in [5.74, 6) is 1.27. The molecule has 1 unspecified atom stereocenters. The third kappa shape index (κ3) is 3.99. The molecule has 4 heteroatoms. The van der Waals surface area contributed by atoms with Crippen LogP contribution in [0.15, 0.2) is 53.4 Å². The van der Waals surface area contributed by atoms with Crippen LogP contribution in [0.1, 0.15) is 18.5 Å². The van der Waals surface area contributed by atoms with Gasteiger partial charge in [-0.05, 0) is 36.8 Å². The largest absolute Gasteiger partial charge is 0.494 e. The van der Waals surface area contributed by atoms with Gasteiger partial charge in [-0.25, -0.2) is 4.39 Å². The summed E-state index contributed by atoms with van der Waals surface area (Å²) in [7, 11) is 0. The second-order valence-electron chi connectivity index (χ2n) is 4.35. The lowest BCUT2D eigenvalue weighted by Crippen LogP contribution is -2.13. The molecule has 0 aliphatic rings. The third-order valence-corrected chi connectivity index (χ3v) is 4.04. The van der Waals surface area contributed by atoms with Crippen LogP contribution in [0.25, 0.3) is 0 Å². The predicted octanol–water partition coefficient (Wildman–Crippen LogP) is 4.02. The number of rotatable bonds is 6. The Balaban J connectivity index is 1.94. The van der Waals surface area contributed by atoms with Crippen LogP contribution in [-0.4, -0.2) is 12.4 Å². The molecule has 0 aliphatic carbocycles. The Kier molecular flexibility index (Phi) is 5.44. The average molecular weight is 291 g/mol. The van der Waals surface area contributed by atoms with Crippen molar-refractivity contribution in [2.75, 3.05) is 12.4 Å². The minimum atomic E-state index is -0.198. The average Bonchev–Trinajstić information content (AvgIpc) is 2.47. The number of hydrogen-bond acceptors (Lipinski definition) is 3. The van der Waals surface area contributed by atoms with Crippen LogP contribution in [0.3, 0.4) is 0 Å². The van der Waals surface area contributed by atoms with E-state index in [1.54, 1.807) is 12.1 Å². The summed E-state index contributed by atoms with van der Waals surface area (Å²) in [6.07, 6.45) is 0. The van der Waals surface area contributed by atoms with Crippen molar-refractivity contribution in [2.24, 2.45) is 5.73 Å². The molecule has 2 rings (SSSR count). The van der Waals surface area contributed by atoms with E-state index < -0.39 is 0 Å². The van der Waals surface area contributed by atoms with E-state index in [0.717, 1.165) is 11.3 Å². The molecule has 0 saturated heterocycles. The maximum atomic E-state index is 13.5. The summed E-state index contributed by atoms with van der Waals surface area (Å²) in [6, 6.07) is 14.3. The quantitative estimate of drug-likeness (QED) is 0.817. The molecule has 2 N–H and O–H groups in total. The summed E-state index contributed by atoms with van der Waals surface area (Å²) >= 11 is 1.43. The van der Waals surface area contributed by atoms with E-state index >= 15 is 0 Å². The minimum absolute atomic E-state index is 0.129. The van der Waals surface area contributed by atoms with Crippen molar-refractivity contribution in [1.82, 2.24) is 0 Å². The van der Waals surface area contributed by atoms with Crippen molar-refractivity contribution >= 4 is 11.8 Å². The van der Waals surface area contributed by atoms with Crippen molar-refractivity contribution in [1.29, 1.82) is 0 Å². The van der Waals surface area contributed by atoms with Crippen molar-refractivity contribution in [3.05, 3.63) is 59.9 Å². The lowest BCUT2D eigenvalue weighted by molar-refractivity contribution is 0.340. The Morgan fingerprint density at radius 1 is 1.15 bits per heavy atom. The van der Waals surface area contributed by atoms with Gasteiger partial charge >= 0.3 is 0 Å². The number of hydrogen-bond donors (Lipinski definition) is 1. The number of benzene rings is 2. The Morgan fingerprint density at radius 2 is 1.85 bits per heavy atom. The van der Waals surface area contributed by atoms with Crippen molar-refractivity contribution in [2.45, 2.75) is 17.9 Å². The highest BCUT2D eigenvalue weighted by Gasteiger charge is 2.09. The van der Waals surface area contributed by atoms with Gasteiger partial charge in [0.2, 0.25) is 0 Å². The molecule has 0 heterocycles. The van der Waals surface area contributed by atoms with Gasteiger partial charge in [0.25, 0.3) is 0 Å². The van der Waals surface area contributed by atoms with Crippen LogP contribution in [-0.2, 0) is 0 Å². The summed E-state index contributed by atoms with van der Waals surface area (Å²) in [4.78, 5) is 0.633. The lowest BCUT2D eigenvalue weighted by Gasteiger charge is -2.13. The number of nitrogens with two attached hydrogens (primary N) is 1. The molecule has 2 aromatic carbocycles. The second-order valence-corrected chi connectivity index (χ2v) is 5.41. The molecule has 0 saturated carbocycles. The number of halogens is 1. The first-order chi connectivity index (χ1) is 9.70. The molecule has 0 amide bonds. The van der Waals surface area contributed by atoms with Crippen molar-refractivity contribution in [3.8, 4) is 5.75 Å². The van der Waals surface area contributed by atoms with Crippen molar-refractivity contribution in [3.63, 3.8) is 0 Å². The highest BCUT2D eigenvalue weighted by Crippen LogP contribution is 2.26. The maximum absolute atomic E-state index is 13.5. The second kappa shape index (κ2) is 7.31. The van der Waals surface area contributed by atoms with Crippen LogP contribution < -0.4 is 10.5 Å². The summed E-state index contributed by atoms with van der Waals surface area (Å²) in [6.45, 7) is 2.60. The lowest BCUT2D eigenvalue weighted by atomic mass is 10.1. The Hall–Kier alpha value is -1.52. The van der Waals surface area contributed by atoms with Gasteiger partial charge < -0.3 is 10.5 Å².